The minimum absolute atomic E-state index is 0.0978. The molecule has 6 nitrogen and oxygen atoms in total. The van der Waals surface area contributed by atoms with E-state index in [0.717, 1.165) is 52.6 Å². The molecule has 0 spiro atoms. The third kappa shape index (κ3) is 4.99. The molecule has 160 valence electrons. The molecule has 0 aliphatic carbocycles. The number of fused-ring (bicyclic) bond motifs is 1. The van der Waals surface area contributed by atoms with Gasteiger partial charge in [-0.15, -0.1) is 0 Å². The van der Waals surface area contributed by atoms with E-state index in [0.29, 0.717) is 12.8 Å². The average molecular weight is 409 g/mol. The van der Waals surface area contributed by atoms with Crippen LogP contribution in [0.1, 0.15) is 56.0 Å². The van der Waals surface area contributed by atoms with E-state index >= 15 is 0 Å². The average Bonchev–Trinajstić information content (AvgIpc) is 3.17. The molecule has 0 bridgehead atoms. The Bertz CT molecular complexity index is 1010. The van der Waals surface area contributed by atoms with Gasteiger partial charge in [0.15, 0.2) is 5.65 Å². The van der Waals surface area contributed by atoms with Crippen LogP contribution in [0, 0.1) is 13.8 Å². The van der Waals surface area contributed by atoms with Crippen molar-refractivity contribution >= 4 is 11.6 Å². The Hall–Kier alpha value is -2.89. The lowest BCUT2D eigenvalue weighted by atomic mass is 10.1. The number of carbonyl (C=O) groups excluding carboxylic acids is 1. The molecule has 2 aromatic heterocycles. The molecular formula is C24H32N4O2. The molecule has 1 aromatic carbocycles. The zero-order valence-electron chi connectivity index (χ0n) is 18.5. The van der Waals surface area contributed by atoms with Crippen LogP contribution in [0.25, 0.3) is 16.9 Å². The van der Waals surface area contributed by atoms with Crippen LogP contribution < -0.4 is 10.1 Å². The predicted octanol–water partition coefficient (Wildman–Crippen LogP) is 4.65. The van der Waals surface area contributed by atoms with Gasteiger partial charge in [-0.3, -0.25) is 4.79 Å². The van der Waals surface area contributed by atoms with E-state index in [1.165, 1.54) is 19.3 Å². The molecule has 0 radical (unpaired) electrons. The van der Waals surface area contributed by atoms with Crippen LogP contribution in [-0.2, 0) is 11.2 Å². The zero-order valence-corrected chi connectivity index (χ0v) is 18.5. The summed E-state index contributed by atoms with van der Waals surface area (Å²) in [5.74, 6) is 0.881. The van der Waals surface area contributed by atoms with Crippen LogP contribution in [0.15, 0.2) is 30.3 Å². The van der Waals surface area contributed by atoms with Crippen molar-refractivity contribution in [1.29, 1.82) is 0 Å². The van der Waals surface area contributed by atoms with Crippen molar-refractivity contribution in [3.8, 4) is 17.0 Å². The van der Waals surface area contributed by atoms with E-state index in [-0.39, 0.29) is 5.91 Å². The molecule has 0 saturated heterocycles. The summed E-state index contributed by atoms with van der Waals surface area (Å²) in [6.07, 6.45) is 5.76. The molecule has 3 rings (SSSR count). The van der Waals surface area contributed by atoms with Gasteiger partial charge in [-0.1, -0.05) is 38.3 Å². The number of methoxy groups -OCH3 is 1. The normalized spacial score (nSPS) is 11.1. The highest BCUT2D eigenvalue weighted by Crippen LogP contribution is 2.29. The number of carbonyl (C=O) groups is 1. The zero-order chi connectivity index (χ0) is 21.5. The van der Waals surface area contributed by atoms with Gasteiger partial charge in [0.2, 0.25) is 5.91 Å². The van der Waals surface area contributed by atoms with Crippen molar-refractivity contribution in [2.75, 3.05) is 13.7 Å². The van der Waals surface area contributed by atoms with Gasteiger partial charge in [-0.2, -0.15) is 5.10 Å². The van der Waals surface area contributed by atoms with Crippen molar-refractivity contribution in [2.24, 2.45) is 0 Å². The van der Waals surface area contributed by atoms with Gasteiger partial charge in [0, 0.05) is 36.0 Å². The number of nitrogens with zero attached hydrogens (tertiary/aromatic N) is 3. The number of hydrogen-bond acceptors (Lipinski definition) is 4. The highest BCUT2D eigenvalue weighted by Gasteiger charge is 2.15. The Morgan fingerprint density at radius 1 is 1.17 bits per heavy atom. The number of unbranched alkanes of at least 4 members (excludes halogenated alkanes) is 3. The highest BCUT2D eigenvalue weighted by molar-refractivity contribution is 5.76. The van der Waals surface area contributed by atoms with E-state index in [9.17, 15) is 4.79 Å². The monoisotopic (exact) mass is 408 g/mol. The molecule has 1 N–H and O–H groups in total. The van der Waals surface area contributed by atoms with Gasteiger partial charge in [0.1, 0.15) is 5.75 Å². The number of amides is 1. The third-order valence-electron chi connectivity index (χ3n) is 5.50. The highest BCUT2D eigenvalue weighted by atomic mass is 16.5. The fraction of sp³-hybridized carbons (Fsp3) is 0.458. The summed E-state index contributed by atoms with van der Waals surface area (Å²) < 4.78 is 7.35. The Labute approximate surface area is 178 Å². The Kier molecular flexibility index (Phi) is 7.44. The lowest BCUT2D eigenvalue weighted by Crippen LogP contribution is -2.25. The van der Waals surface area contributed by atoms with E-state index in [1.54, 1.807) is 7.11 Å². The maximum Gasteiger partial charge on any atom is 0.220 e. The van der Waals surface area contributed by atoms with E-state index < -0.39 is 0 Å². The van der Waals surface area contributed by atoms with E-state index in [2.05, 4.69) is 12.2 Å². The number of aryl methyl sites for hydroxylation is 2. The lowest BCUT2D eigenvalue weighted by Gasteiger charge is -2.11. The van der Waals surface area contributed by atoms with Gasteiger partial charge in [-0.25, -0.2) is 9.50 Å². The third-order valence-corrected chi connectivity index (χ3v) is 5.50. The number of hydrogen-bond donors (Lipinski definition) is 1. The van der Waals surface area contributed by atoms with E-state index in [1.807, 2.05) is 48.7 Å². The number of aromatic nitrogens is 3. The summed E-state index contributed by atoms with van der Waals surface area (Å²) in [6.45, 7) is 6.99. The quantitative estimate of drug-likeness (QED) is 0.496. The van der Waals surface area contributed by atoms with Gasteiger partial charge in [-0.05, 0) is 44.4 Å². The topological polar surface area (TPSA) is 68.5 Å². The summed E-state index contributed by atoms with van der Waals surface area (Å²) in [4.78, 5) is 17.0. The SMILES string of the molecule is CCCCCCNC(=O)CCc1c(C)nc2cc(-c3ccccc3OC)nn2c1C. The second kappa shape index (κ2) is 10.2. The molecule has 0 aliphatic heterocycles. The van der Waals surface area contributed by atoms with Crippen molar-refractivity contribution in [3.63, 3.8) is 0 Å². The lowest BCUT2D eigenvalue weighted by molar-refractivity contribution is -0.121. The fourth-order valence-electron chi connectivity index (χ4n) is 3.78. The summed E-state index contributed by atoms with van der Waals surface area (Å²) >= 11 is 0. The predicted molar refractivity (Wildman–Crippen MR) is 120 cm³/mol. The Morgan fingerprint density at radius 2 is 1.97 bits per heavy atom. The van der Waals surface area contributed by atoms with E-state index in [4.69, 9.17) is 14.8 Å². The fourth-order valence-corrected chi connectivity index (χ4v) is 3.78. The van der Waals surface area contributed by atoms with Crippen LogP contribution in [0.2, 0.25) is 0 Å². The molecule has 3 aromatic rings. The maximum absolute atomic E-state index is 12.2. The molecular weight excluding hydrogens is 376 g/mol. The summed E-state index contributed by atoms with van der Waals surface area (Å²) in [6, 6.07) is 9.81. The largest absolute Gasteiger partial charge is 0.496 e. The molecule has 0 aliphatic rings. The summed E-state index contributed by atoms with van der Waals surface area (Å²) in [5.41, 5.74) is 5.61. The van der Waals surface area contributed by atoms with Gasteiger partial charge >= 0.3 is 0 Å². The van der Waals surface area contributed by atoms with Crippen LogP contribution in [0.5, 0.6) is 5.75 Å². The molecule has 0 atom stereocenters. The number of nitrogens with one attached hydrogen (secondary N) is 1. The maximum atomic E-state index is 12.2. The van der Waals surface area contributed by atoms with Crippen molar-refractivity contribution < 1.29 is 9.53 Å². The molecule has 2 heterocycles. The smallest absolute Gasteiger partial charge is 0.220 e. The number of rotatable bonds is 10. The summed E-state index contributed by atoms with van der Waals surface area (Å²) in [5, 5.41) is 7.80. The molecule has 0 unspecified atom stereocenters. The summed E-state index contributed by atoms with van der Waals surface area (Å²) in [7, 11) is 1.66. The first-order valence-electron chi connectivity index (χ1n) is 10.8. The van der Waals surface area contributed by atoms with Crippen molar-refractivity contribution in [1.82, 2.24) is 19.9 Å². The molecule has 6 heteroatoms. The standard InChI is InChI=1S/C24H32N4O2/c1-5-6-7-10-15-25-24(29)14-13-19-17(2)26-23-16-21(27-28(23)18(19)3)20-11-8-9-12-22(20)30-4/h8-9,11-12,16H,5-7,10,13-15H2,1-4H3,(H,25,29). The molecule has 1 amide bonds. The van der Waals surface area contributed by atoms with Crippen molar-refractivity contribution in [2.45, 2.75) is 59.3 Å². The molecule has 0 fully saturated rings. The van der Waals surface area contributed by atoms with Crippen molar-refractivity contribution in [3.05, 3.63) is 47.3 Å². The number of ether oxygens (including phenoxy) is 1. The first-order chi connectivity index (χ1) is 14.5. The second-order valence-corrected chi connectivity index (χ2v) is 7.67. The molecule has 30 heavy (non-hydrogen) atoms. The van der Waals surface area contributed by atoms with Crippen LogP contribution in [0.4, 0.5) is 0 Å². The number of para-hydroxylation sites is 1. The second-order valence-electron chi connectivity index (χ2n) is 7.67. The van der Waals surface area contributed by atoms with Crippen LogP contribution in [0.3, 0.4) is 0 Å². The molecule has 0 saturated carbocycles. The van der Waals surface area contributed by atoms with Crippen LogP contribution >= 0.6 is 0 Å². The van der Waals surface area contributed by atoms with Gasteiger partial charge in [0.25, 0.3) is 0 Å². The van der Waals surface area contributed by atoms with Gasteiger partial charge < -0.3 is 10.1 Å². The van der Waals surface area contributed by atoms with Crippen LogP contribution in [-0.4, -0.2) is 34.2 Å². The minimum Gasteiger partial charge on any atom is -0.496 e. The Morgan fingerprint density at radius 3 is 2.73 bits per heavy atom. The Balaban J connectivity index is 1.74. The minimum atomic E-state index is 0.0978. The number of benzene rings is 1. The first-order valence-corrected chi connectivity index (χ1v) is 10.8. The van der Waals surface area contributed by atoms with Gasteiger partial charge in [0.05, 0.1) is 12.8 Å². The first kappa shape index (κ1) is 21.8.